The van der Waals surface area contributed by atoms with Gasteiger partial charge < -0.3 is 14.6 Å². The lowest BCUT2D eigenvalue weighted by Crippen LogP contribution is -2.45. The maximum absolute atomic E-state index is 11.9. The number of rotatable bonds is 3. The quantitative estimate of drug-likeness (QED) is 0.762. The highest BCUT2D eigenvalue weighted by Gasteiger charge is 2.52. The zero-order chi connectivity index (χ0) is 13.3. The van der Waals surface area contributed by atoms with Gasteiger partial charge in [-0.1, -0.05) is 12.7 Å². The van der Waals surface area contributed by atoms with Gasteiger partial charge in [-0.25, -0.2) is 9.59 Å². The molecule has 0 aliphatic carbocycles. The number of carbonyl (C=O) groups excluding carboxylic acids is 1. The molecule has 0 radical (unpaired) electrons. The van der Waals surface area contributed by atoms with Crippen LogP contribution in [0.3, 0.4) is 0 Å². The van der Waals surface area contributed by atoms with Gasteiger partial charge in [0.05, 0.1) is 18.2 Å². The number of carbonyl (C=O) groups is 2. The molecule has 0 spiro atoms. The lowest BCUT2D eigenvalue weighted by atomic mass is 10.1. The number of nitrogens with zero attached hydrogens (tertiary/aromatic N) is 1. The number of carboxylic acid groups (broad SMARTS) is 1. The molecule has 0 bridgehead atoms. The summed E-state index contributed by atoms with van der Waals surface area (Å²) in [5.41, 5.74) is 0. The smallest absolute Gasteiger partial charge is 0.411 e. The Balaban J connectivity index is 2.13. The Bertz CT molecular complexity index is 369. The van der Waals surface area contributed by atoms with Gasteiger partial charge in [0, 0.05) is 6.42 Å². The highest BCUT2D eigenvalue weighted by atomic mass is 16.6. The van der Waals surface area contributed by atoms with Crippen LogP contribution in [0.2, 0.25) is 0 Å². The highest BCUT2D eigenvalue weighted by molar-refractivity contribution is 5.81. The first-order chi connectivity index (χ1) is 8.54. The van der Waals surface area contributed by atoms with Gasteiger partial charge in [0.2, 0.25) is 0 Å². The van der Waals surface area contributed by atoms with Crippen LogP contribution in [0, 0.1) is 0 Å². The average Bonchev–Trinajstić information content (AvgIpc) is 2.81. The molecule has 0 aromatic heterocycles. The van der Waals surface area contributed by atoms with Crippen molar-refractivity contribution >= 4 is 12.1 Å². The molecule has 2 aliphatic heterocycles. The molecular weight excluding hydrogens is 238 g/mol. The summed E-state index contributed by atoms with van der Waals surface area (Å²) < 4.78 is 10.6. The van der Waals surface area contributed by atoms with E-state index in [2.05, 4.69) is 6.58 Å². The fraction of sp³-hybridized carbons (Fsp3) is 0.667. The van der Waals surface area contributed by atoms with Gasteiger partial charge in [-0.05, 0) is 13.3 Å². The summed E-state index contributed by atoms with van der Waals surface area (Å²) in [5, 5.41) is 9.15. The minimum absolute atomic E-state index is 0.0458. The van der Waals surface area contributed by atoms with Crippen LogP contribution < -0.4 is 0 Å². The summed E-state index contributed by atoms with van der Waals surface area (Å²) in [5.74, 6) is -1.02. The lowest BCUT2D eigenvalue weighted by molar-refractivity contribution is -0.142. The standard InChI is InChI=1S/C12H17NO5/c1-3-4-17-12(16)13-8-5-7(2)18-10(8)6-9(13)11(14)15/h3,7-10H,1,4-6H2,2H3,(H,14,15). The number of hydrogen-bond donors (Lipinski definition) is 1. The van der Waals surface area contributed by atoms with Crippen molar-refractivity contribution in [3.63, 3.8) is 0 Å². The van der Waals surface area contributed by atoms with Crippen LogP contribution in [0.5, 0.6) is 0 Å². The Kier molecular flexibility index (Phi) is 3.56. The number of aliphatic carboxylic acids is 1. The Labute approximate surface area is 105 Å². The van der Waals surface area contributed by atoms with E-state index in [0.29, 0.717) is 12.8 Å². The van der Waals surface area contributed by atoms with Gasteiger partial charge in [-0.15, -0.1) is 0 Å². The minimum atomic E-state index is -1.02. The van der Waals surface area contributed by atoms with Crippen LogP contribution in [0.1, 0.15) is 19.8 Å². The third-order valence-electron chi connectivity index (χ3n) is 3.38. The highest BCUT2D eigenvalue weighted by Crippen LogP contribution is 2.36. The zero-order valence-corrected chi connectivity index (χ0v) is 10.2. The maximum atomic E-state index is 11.9. The second kappa shape index (κ2) is 4.97. The zero-order valence-electron chi connectivity index (χ0n) is 10.2. The van der Waals surface area contributed by atoms with E-state index in [-0.39, 0.29) is 24.9 Å². The van der Waals surface area contributed by atoms with Gasteiger partial charge in [0.25, 0.3) is 0 Å². The van der Waals surface area contributed by atoms with Crippen LogP contribution in [-0.2, 0) is 14.3 Å². The minimum Gasteiger partial charge on any atom is -0.480 e. The topological polar surface area (TPSA) is 76.1 Å². The van der Waals surface area contributed by atoms with Crippen molar-refractivity contribution in [2.45, 2.75) is 44.1 Å². The third-order valence-corrected chi connectivity index (χ3v) is 3.38. The molecule has 0 aromatic rings. The second-order valence-corrected chi connectivity index (χ2v) is 4.65. The van der Waals surface area contributed by atoms with E-state index in [1.807, 2.05) is 6.92 Å². The van der Waals surface area contributed by atoms with E-state index in [9.17, 15) is 9.59 Å². The first-order valence-corrected chi connectivity index (χ1v) is 5.98. The van der Waals surface area contributed by atoms with Gasteiger partial charge in [0.15, 0.2) is 0 Å². The van der Waals surface area contributed by atoms with E-state index in [0.717, 1.165) is 0 Å². The number of carboxylic acids is 1. The predicted octanol–water partition coefficient (Wildman–Crippen LogP) is 1.01. The summed E-state index contributed by atoms with van der Waals surface area (Å²) >= 11 is 0. The molecule has 2 fully saturated rings. The van der Waals surface area contributed by atoms with Crippen molar-refractivity contribution in [1.29, 1.82) is 0 Å². The Morgan fingerprint density at radius 2 is 2.28 bits per heavy atom. The fourth-order valence-corrected chi connectivity index (χ4v) is 2.69. The molecule has 2 heterocycles. The van der Waals surface area contributed by atoms with E-state index >= 15 is 0 Å². The first kappa shape index (κ1) is 12.9. The summed E-state index contributed by atoms with van der Waals surface area (Å²) in [7, 11) is 0. The number of likely N-dealkylation sites (tertiary alicyclic amines) is 1. The van der Waals surface area contributed by atoms with Gasteiger partial charge in [0.1, 0.15) is 12.6 Å². The van der Waals surface area contributed by atoms with Crippen LogP contribution in [0.4, 0.5) is 4.79 Å². The summed E-state index contributed by atoms with van der Waals surface area (Å²) in [4.78, 5) is 24.4. The number of hydrogen-bond acceptors (Lipinski definition) is 4. The van der Waals surface area contributed by atoms with E-state index in [1.165, 1.54) is 11.0 Å². The summed E-state index contributed by atoms with van der Waals surface area (Å²) in [6, 6.07) is -1.05. The molecule has 1 amide bonds. The van der Waals surface area contributed by atoms with E-state index in [4.69, 9.17) is 14.6 Å². The molecule has 6 nitrogen and oxygen atoms in total. The van der Waals surface area contributed by atoms with Crippen molar-refractivity contribution in [3.8, 4) is 0 Å². The first-order valence-electron chi connectivity index (χ1n) is 5.98. The van der Waals surface area contributed by atoms with Crippen LogP contribution in [0.25, 0.3) is 0 Å². The molecular formula is C12H17NO5. The van der Waals surface area contributed by atoms with Crippen molar-refractivity contribution in [2.24, 2.45) is 0 Å². The fourth-order valence-electron chi connectivity index (χ4n) is 2.69. The van der Waals surface area contributed by atoms with Crippen LogP contribution in [-0.4, -0.2) is 53.0 Å². The third kappa shape index (κ3) is 2.20. The molecule has 4 unspecified atom stereocenters. The Morgan fingerprint density at radius 3 is 2.89 bits per heavy atom. The molecule has 18 heavy (non-hydrogen) atoms. The van der Waals surface area contributed by atoms with Crippen molar-refractivity contribution in [2.75, 3.05) is 6.61 Å². The van der Waals surface area contributed by atoms with Crippen LogP contribution >= 0.6 is 0 Å². The van der Waals surface area contributed by atoms with Crippen molar-refractivity contribution in [1.82, 2.24) is 4.90 Å². The second-order valence-electron chi connectivity index (χ2n) is 4.65. The summed E-state index contributed by atoms with van der Waals surface area (Å²) in [6.07, 6.45) is 1.68. The Hall–Kier alpha value is -1.56. The molecule has 1 N–H and O–H groups in total. The monoisotopic (exact) mass is 255 g/mol. The molecule has 0 saturated carbocycles. The lowest BCUT2D eigenvalue weighted by Gasteiger charge is -2.25. The predicted molar refractivity (Wildman–Crippen MR) is 62.2 cm³/mol. The molecule has 6 heteroatoms. The Morgan fingerprint density at radius 1 is 1.56 bits per heavy atom. The molecule has 100 valence electrons. The number of amides is 1. The number of ether oxygens (including phenoxy) is 2. The van der Waals surface area contributed by atoms with Gasteiger partial charge in [-0.2, -0.15) is 0 Å². The summed E-state index contributed by atoms with van der Waals surface area (Å²) in [6.45, 7) is 5.45. The van der Waals surface area contributed by atoms with E-state index < -0.39 is 18.1 Å². The SMILES string of the molecule is C=CCOC(=O)N1C(C(=O)O)CC2OC(C)CC21. The van der Waals surface area contributed by atoms with E-state index in [1.54, 1.807) is 0 Å². The molecule has 4 atom stereocenters. The average molecular weight is 255 g/mol. The normalized spacial score (nSPS) is 34.2. The molecule has 0 aromatic carbocycles. The number of fused-ring (bicyclic) bond motifs is 1. The molecule has 2 aliphatic rings. The molecule has 2 rings (SSSR count). The van der Waals surface area contributed by atoms with Crippen molar-refractivity contribution in [3.05, 3.63) is 12.7 Å². The molecule has 2 saturated heterocycles. The van der Waals surface area contributed by atoms with Gasteiger partial charge >= 0.3 is 12.1 Å². The maximum Gasteiger partial charge on any atom is 0.411 e. The van der Waals surface area contributed by atoms with Crippen molar-refractivity contribution < 1.29 is 24.2 Å². The largest absolute Gasteiger partial charge is 0.480 e. The van der Waals surface area contributed by atoms with Crippen LogP contribution in [0.15, 0.2) is 12.7 Å². The van der Waals surface area contributed by atoms with Gasteiger partial charge in [-0.3, -0.25) is 4.90 Å².